The summed E-state index contributed by atoms with van der Waals surface area (Å²) < 4.78 is 11.2. The van der Waals surface area contributed by atoms with E-state index in [1.807, 2.05) is 20.8 Å². The Morgan fingerprint density at radius 2 is 2.13 bits per heavy atom. The minimum absolute atomic E-state index is 0.0406. The van der Waals surface area contributed by atoms with Crippen LogP contribution in [0.4, 0.5) is 4.79 Å². The fraction of sp³-hybridized carbons (Fsp3) is 0.688. The Balaban J connectivity index is 1.86. The first-order chi connectivity index (χ1) is 10.8. The Morgan fingerprint density at radius 1 is 1.35 bits per heavy atom. The second-order valence-corrected chi connectivity index (χ2v) is 7.07. The van der Waals surface area contributed by atoms with Crippen molar-refractivity contribution >= 4 is 17.7 Å². The number of carbonyl (C=O) groups is 1. The van der Waals surface area contributed by atoms with Crippen LogP contribution in [-0.4, -0.2) is 46.0 Å². The average molecular weight is 342 g/mol. The van der Waals surface area contributed by atoms with E-state index in [-0.39, 0.29) is 12.1 Å². The maximum atomic E-state index is 12.3. The van der Waals surface area contributed by atoms with Gasteiger partial charge in [0.15, 0.2) is 5.15 Å². The summed E-state index contributed by atoms with van der Waals surface area (Å²) in [5.41, 5.74) is 0.229. The van der Waals surface area contributed by atoms with Gasteiger partial charge >= 0.3 is 6.09 Å². The highest BCUT2D eigenvalue weighted by atomic mass is 35.5. The van der Waals surface area contributed by atoms with Gasteiger partial charge in [0.05, 0.1) is 24.9 Å². The second-order valence-electron chi connectivity index (χ2n) is 6.69. The lowest BCUT2D eigenvalue weighted by Gasteiger charge is -2.36. The minimum atomic E-state index is -0.487. The summed E-state index contributed by atoms with van der Waals surface area (Å²) in [6, 6.07) is 3.50. The van der Waals surface area contributed by atoms with Crippen LogP contribution >= 0.6 is 11.6 Å². The summed E-state index contributed by atoms with van der Waals surface area (Å²) in [5.74, 6) is 0. The third-order valence-electron chi connectivity index (χ3n) is 3.50. The van der Waals surface area contributed by atoms with E-state index in [9.17, 15) is 4.79 Å². The summed E-state index contributed by atoms with van der Waals surface area (Å²) in [5, 5.41) is 8.09. The normalized spacial score (nSPS) is 18.8. The van der Waals surface area contributed by atoms with Crippen molar-refractivity contribution < 1.29 is 14.3 Å². The molecule has 0 N–H and O–H groups in total. The smallest absolute Gasteiger partial charge is 0.410 e. The molecule has 1 saturated heterocycles. The number of hydrogen-bond donors (Lipinski definition) is 0. The van der Waals surface area contributed by atoms with Gasteiger partial charge in [-0.25, -0.2) is 4.79 Å². The number of nitrogens with zero attached hydrogens (tertiary/aromatic N) is 3. The van der Waals surface area contributed by atoms with E-state index in [0.29, 0.717) is 30.6 Å². The molecule has 1 aliphatic heterocycles. The van der Waals surface area contributed by atoms with Crippen molar-refractivity contribution in [3.05, 3.63) is 23.0 Å². The van der Waals surface area contributed by atoms with Crippen LogP contribution in [0.15, 0.2) is 12.1 Å². The van der Waals surface area contributed by atoms with Crippen LogP contribution in [0, 0.1) is 0 Å². The number of ether oxygens (including phenoxy) is 2. The maximum Gasteiger partial charge on any atom is 0.410 e. The summed E-state index contributed by atoms with van der Waals surface area (Å²) in [6.07, 6.45) is 2.75. The molecule has 1 unspecified atom stereocenters. The van der Waals surface area contributed by atoms with Gasteiger partial charge in [0.1, 0.15) is 5.60 Å². The fourth-order valence-electron chi connectivity index (χ4n) is 2.45. The highest BCUT2D eigenvalue weighted by Crippen LogP contribution is 2.21. The van der Waals surface area contributed by atoms with Crippen molar-refractivity contribution in [2.75, 3.05) is 13.2 Å². The lowest BCUT2D eigenvalue weighted by molar-refractivity contribution is -0.0103. The van der Waals surface area contributed by atoms with Gasteiger partial charge in [0.2, 0.25) is 0 Å². The highest BCUT2D eigenvalue weighted by molar-refractivity contribution is 6.29. The number of rotatable bonds is 4. The molecular formula is C16H24ClN3O3. The maximum absolute atomic E-state index is 12.3. The zero-order valence-corrected chi connectivity index (χ0v) is 14.7. The summed E-state index contributed by atoms with van der Waals surface area (Å²) >= 11 is 5.70. The fourth-order valence-corrected chi connectivity index (χ4v) is 2.56. The molecular weight excluding hydrogens is 318 g/mol. The predicted octanol–water partition coefficient (Wildman–Crippen LogP) is 3.44. The van der Waals surface area contributed by atoms with Crippen molar-refractivity contribution in [2.24, 2.45) is 0 Å². The van der Waals surface area contributed by atoms with E-state index < -0.39 is 5.60 Å². The molecule has 1 amide bonds. The topological polar surface area (TPSA) is 64.5 Å². The molecule has 0 aliphatic carbocycles. The standard InChI is InChI=1S/C16H24ClN3O3/c1-16(2,3)23-15(21)20-9-5-4-6-13(20)11-22-10-12-7-8-14(17)19-18-12/h7-8,13H,4-6,9-11H2,1-3H3. The minimum Gasteiger partial charge on any atom is -0.444 e. The molecule has 0 spiro atoms. The molecule has 0 bridgehead atoms. The molecule has 1 fully saturated rings. The summed E-state index contributed by atoms with van der Waals surface area (Å²) in [7, 11) is 0. The van der Waals surface area contributed by atoms with Crippen molar-refractivity contribution in [3.8, 4) is 0 Å². The van der Waals surface area contributed by atoms with E-state index in [4.69, 9.17) is 21.1 Å². The first-order valence-electron chi connectivity index (χ1n) is 7.90. The van der Waals surface area contributed by atoms with Gasteiger partial charge in [0, 0.05) is 6.54 Å². The molecule has 2 heterocycles. The van der Waals surface area contributed by atoms with Gasteiger partial charge in [-0.2, -0.15) is 5.10 Å². The zero-order chi connectivity index (χ0) is 16.9. The number of likely N-dealkylation sites (tertiary alicyclic amines) is 1. The van der Waals surface area contributed by atoms with E-state index in [0.717, 1.165) is 19.3 Å². The molecule has 23 heavy (non-hydrogen) atoms. The zero-order valence-electron chi connectivity index (χ0n) is 13.9. The molecule has 1 aromatic heterocycles. The number of halogens is 1. The average Bonchev–Trinajstić information content (AvgIpc) is 2.48. The van der Waals surface area contributed by atoms with Crippen LogP contribution < -0.4 is 0 Å². The molecule has 0 saturated carbocycles. The largest absolute Gasteiger partial charge is 0.444 e. The Hall–Kier alpha value is -1.40. The number of aromatic nitrogens is 2. The Labute approximate surface area is 142 Å². The van der Waals surface area contributed by atoms with Crippen molar-refractivity contribution in [2.45, 2.75) is 58.3 Å². The van der Waals surface area contributed by atoms with Gasteiger partial charge in [-0.05, 0) is 52.2 Å². The summed E-state index contributed by atoms with van der Waals surface area (Å²) in [6.45, 7) is 7.15. The van der Waals surface area contributed by atoms with Gasteiger partial charge in [-0.3, -0.25) is 0 Å². The number of carbonyl (C=O) groups excluding carboxylic acids is 1. The van der Waals surface area contributed by atoms with Crippen molar-refractivity contribution in [1.29, 1.82) is 0 Å². The Bertz CT molecular complexity index is 516. The Kier molecular flexibility index (Phi) is 6.18. The third kappa shape index (κ3) is 5.95. The van der Waals surface area contributed by atoms with Gasteiger partial charge in [0.25, 0.3) is 0 Å². The first kappa shape index (κ1) is 17.9. The van der Waals surface area contributed by atoms with E-state index >= 15 is 0 Å². The predicted molar refractivity (Wildman–Crippen MR) is 87.3 cm³/mol. The molecule has 128 valence electrons. The van der Waals surface area contributed by atoms with Crippen molar-refractivity contribution in [1.82, 2.24) is 15.1 Å². The van der Waals surface area contributed by atoms with Gasteiger partial charge in [-0.1, -0.05) is 11.6 Å². The number of piperidine rings is 1. The lowest BCUT2D eigenvalue weighted by atomic mass is 10.0. The molecule has 7 heteroatoms. The van der Waals surface area contributed by atoms with E-state index in [2.05, 4.69) is 10.2 Å². The molecule has 1 atom stereocenters. The molecule has 6 nitrogen and oxygen atoms in total. The molecule has 2 rings (SSSR count). The molecule has 1 aliphatic rings. The highest BCUT2D eigenvalue weighted by Gasteiger charge is 2.30. The number of hydrogen-bond acceptors (Lipinski definition) is 5. The van der Waals surface area contributed by atoms with Crippen molar-refractivity contribution in [3.63, 3.8) is 0 Å². The quantitative estimate of drug-likeness (QED) is 0.839. The Morgan fingerprint density at radius 3 is 2.78 bits per heavy atom. The van der Waals surface area contributed by atoms with Crippen LogP contribution in [0.3, 0.4) is 0 Å². The van der Waals surface area contributed by atoms with Gasteiger partial charge in [-0.15, -0.1) is 5.10 Å². The third-order valence-corrected chi connectivity index (χ3v) is 3.70. The second kappa shape index (κ2) is 7.93. The molecule has 0 aromatic carbocycles. The lowest BCUT2D eigenvalue weighted by Crippen LogP contribution is -2.48. The van der Waals surface area contributed by atoms with Crippen LogP contribution in [0.2, 0.25) is 5.15 Å². The molecule has 1 aromatic rings. The SMILES string of the molecule is CC(C)(C)OC(=O)N1CCCCC1COCc1ccc(Cl)nn1. The van der Waals surface area contributed by atoms with E-state index in [1.54, 1.807) is 17.0 Å². The van der Waals surface area contributed by atoms with Crippen LogP contribution in [0.1, 0.15) is 45.7 Å². The van der Waals surface area contributed by atoms with Gasteiger partial charge < -0.3 is 14.4 Å². The van der Waals surface area contributed by atoms with Crippen LogP contribution in [0.25, 0.3) is 0 Å². The first-order valence-corrected chi connectivity index (χ1v) is 8.28. The number of amides is 1. The monoisotopic (exact) mass is 341 g/mol. The van der Waals surface area contributed by atoms with Crippen LogP contribution in [0.5, 0.6) is 0 Å². The molecule has 0 radical (unpaired) electrons. The van der Waals surface area contributed by atoms with E-state index in [1.165, 1.54) is 0 Å². The van der Waals surface area contributed by atoms with Crippen LogP contribution in [-0.2, 0) is 16.1 Å². The summed E-state index contributed by atoms with van der Waals surface area (Å²) in [4.78, 5) is 14.1.